The Morgan fingerprint density at radius 2 is 2.60 bits per heavy atom. The van der Waals surface area contributed by atoms with E-state index in [1.807, 2.05) is 0 Å². The maximum absolute atomic E-state index is 5.59. The molecule has 3 nitrogen and oxygen atoms in total. The van der Waals surface area contributed by atoms with Gasteiger partial charge in [-0.1, -0.05) is 0 Å². The Morgan fingerprint density at radius 3 is 3.00 bits per heavy atom. The first-order valence-electron chi connectivity index (χ1n) is 3.77. The van der Waals surface area contributed by atoms with Gasteiger partial charge in [0.25, 0.3) is 0 Å². The second kappa shape index (κ2) is 2.19. The Labute approximate surface area is 60.7 Å². The van der Waals surface area contributed by atoms with Gasteiger partial charge >= 0.3 is 0 Å². The summed E-state index contributed by atoms with van der Waals surface area (Å²) in [5.41, 5.74) is 0.0503. The van der Waals surface area contributed by atoms with Crippen LogP contribution in [0, 0.1) is 0 Å². The average molecular weight is 143 g/mol. The topological polar surface area (TPSA) is 30.5 Å². The fourth-order valence-electron chi connectivity index (χ4n) is 1.78. The van der Waals surface area contributed by atoms with Crippen LogP contribution in [-0.2, 0) is 9.47 Å². The second-order valence-electron chi connectivity index (χ2n) is 3.01. The minimum Gasteiger partial charge on any atom is -0.370 e. The molecule has 2 heterocycles. The molecule has 0 aliphatic carbocycles. The third-order valence-electron chi connectivity index (χ3n) is 2.43. The lowest BCUT2D eigenvalue weighted by Crippen LogP contribution is -2.68. The van der Waals surface area contributed by atoms with Crippen LogP contribution in [0.1, 0.15) is 12.8 Å². The maximum atomic E-state index is 5.59. The molecule has 2 aliphatic rings. The Morgan fingerprint density at radius 1 is 1.70 bits per heavy atom. The molecule has 2 aliphatic heterocycles. The van der Waals surface area contributed by atoms with Crippen molar-refractivity contribution in [3.8, 4) is 0 Å². The third-order valence-corrected chi connectivity index (χ3v) is 2.43. The van der Waals surface area contributed by atoms with Crippen molar-refractivity contribution in [2.45, 2.75) is 24.7 Å². The van der Waals surface area contributed by atoms with E-state index in [1.165, 1.54) is 6.42 Å². The van der Waals surface area contributed by atoms with Crippen LogP contribution in [0.25, 0.3) is 0 Å². The lowest BCUT2D eigenvalue weighted by atomic mass is 9.91. The van der Waals surface area contributed by atoms with Crippen molar-refractivity contribution >= 4 is 0 Å². The van der Waals surface area contributed by atoms with Gasteiger partial charge in [0.2, 0.25) is 0 Å². The fourth-order valence-corrected chi connectivity index (χ4v) is 1.78. The summed E-state index contributed by atoms with van der Waals surface area (Å²) >= 11 is 0. The molecule has 2 fully saturated rings. The van der Waals surface area contributed by atoms with Crippen LogP contribution in [0.2, 0.25) is 0 Å². The molecule has 0 saturated carbocycles. The van der Waals surface area contributed by atoms with Crippen molar-refractivity contribution in [1.29, 1.82) is 0 Å². The molecule has 0 radical (unpaired) electrons. The highest BCUT2D eigenvalue weighted by Gasteiger charge is 2.50. The third kappa shape index (κ3) is 0.713. The molecule has 0 aromatic carbocycles. The molecule has 0 amide bonds. The Balaban J connectivity index is 2.01. The summed E-state index contributed by atoms with van der Waals surface area (Å²) < 4.78 is 10.8. The van der Waals surface area contributed by atoms with Crippen molar-refractivity contribution in [3.05, 3.63) is 0 Å². The number of ether oxygens (including phenoxy) is 2. The zero-order chi connectivity index (χ0) is 7.03. The summed E-state index contributed by atoms with van der Waals surface area (Å²) in [6.45, 7) is 1.87. The predicted molar refractivity (Wildman–Crippen MR) is 36.7 cm³/mol. The highest BCUT2D eigenvalue weighted by Crippen LogP contribution is 2.34. The van der Waals surface area contributed by atoms with Gasteiger partial charge in [0.15, 0.2) is 0 Å². The lowest BCUT2D eigenvalue weighted by molar-refractivity contribution is -0.173. The predicted octanol–water partition coefficient (Wildman–Crippen LogP) is 0.111. The summed E-state index contributed by atoms with van der Waals surface area (Å²) in [4.78, 5) is 0. The van der Waals surface area contributed by atoms with Crippen LogP contribution in [0.5, 0.6) is 0 Å². The van der Waals surface area contributed by atoms with Crippen molar-refractivity contribution in [3.63, 3.8) is 0 Å². The number of nitrogens with one attached hydrogen (secondary N) is 1. The van der Waals surface area contributed by atoms with Crippen molar-refractivity contribution in [2.24, 2.45) is 0 Å². The van der Waals surface area contributed by atoms with Crippen molar-refractivity contribution in [2.75, 3.05) is 20.3 Å². The van der Waals surface area contributed by atoms with E-state index in [-0.39, 0.29) is 11.8 Å². The monoisotopic (exact) mass is 143 g/mol. The maximum Gasteiger partial charge on any atom is 0.138 e. The molecule has 58 valence electrons. The van der Waals surface area contributed by atoms with Crippen molar-refractivity contribution in [1.82, 2.24) is 5.32 Å². The first-order valence-corrected chi connectivity index (χ1v) is 3.77. The second-order valence-corrected chi connectivity index (χ2v) is 3.01. The van der Waals surface area contributed by atoms with Gasteiger partial charge in [-0.15, -0.1) is 0 Å². The van der Waals surface area contributed by atoms with E-state index in [4.69, 9.17) is 9.47 Å². The van der Waals surface area contributed by atoms with E-state index in [0.29, 0.717) is 0 Å². The van der Waals surface area contributed by atoms with E-state index in [1.54, 1.807) is 7.11 Å². The van der Waals surface area contributed by atoms with E-state index >= 15 is 0 Å². The molecule has 3 heteroatoms. The van der Waals surface area contributed by atoms with Gasteiger partial charge in [-0.2, -0.15) is 0 Å². The minimum atomic E-state index is 0.0503. The van der Waals surface area contributed by atoms with Gasteiger partial charge in [-0.25, -0.2) is 0 Å². The molecule has 0 aromatic rings. The van der Waals surface area contributed by atoms with Gasteiger partial charge in [0.1, 0.15) is 11.8 Å². The Bertz CT molecular complexity index is 130. The van der Waals surface area contributed by atoms with Crippen LogP contribution in [-0.4, -0.2) is 32.1 Å². The normalized spacial score (nSPS) is 45.9. The first kappa shape index (κ1) is 6.58. The summed E-state index contributed by atoms with van der Waals surface area (Å²) in [5.74, 6) is 0. The van der Waals surface area contributed by atoms with E-state index in [9.17, 15) is 0 Å². The summed E-state index contributed by atoms with van der Waals surface area (Å²) in [5, 5.41) is 3.18. The van der Waals surface area contributed by atoms with Crippen LogP contribution in [0.4, 0.5) is 0 Å². The molecule has 0 aromatic heterocycles. The molecule has 10 heavy (non-hydrogen) atoms. The molecule has 1 N–H and O–H groups in total. The lowest BCUT2D eigenvalue weighted by Gasteiger charge is -2.45. The van der Waals surface area contributed by atoms with Gasteiger partial charge in [-0.05, 0) is 12.8 Å². The van der Waals surface area contributed by atoms with Gasteiger partial charge in [-0.3, -0.25) is 5.32 Å². The van der Waals surface area contributed by atoms with E-state index < -0.39 is 0 Å². The Hall–Kier alpha value is -0.120. The van der Waals surface area contributed by atoms with Crippen molar-refractivity contribution < 1.29 is 9.47 Å². The van der Waals surface area contributed by atoms with E-state index in [2.05, 4.69) is 5.32 Å². The Kier molecular flexibility index (Phi) is 1.44. The number of hydrogen-bond acceptors (Lipinski definition) is 3. The summed E-state index contributed by atoms with van der Waals surface area (Å²) in [7, 11) is 1.72. The molecule has 2 unspecified atom stereocenters. The van der Waals surface area contributed by atoms with Gasteiger partial charge < -0.3 is 9.47 Å². The minimum absolute atomic E-state index is 0.0503. The van der Waals surface area contributed by atoms with Crippen LogP contribution < -0.4 is 5.32 Å². The molecular weight excluding hydrogens is 130 g/mol. The van der Waals surface area contributed by atoms with Gasteiger partial charge in [0.05, 0.1) is 0 Å². The zero-order valence-corrected chi connectivity index (χ0v) is 6.22. The van der Waals surface area contributed by atoms with Crippen LogP contribution in [0.3, 0.4) is 0 Å². The van der Waals surface area contributed by atoms with E-state index in [0.717, 1.165) is 19.6 Å². The molecule has 0 bridgehead atoms. The number of rotatable bonds is 1. The SMILES string of the molecule is COC1NCC12CCCO2. The standard InChI is InChI=1S/C7H13NO2/c1-9-6-7(5-8-6)3-2-4-10-7/h6,8H,2-5H2,1H3. The number of methoxy groups -OCH3 is 1. The molecule has 2 rings (SSSR count). The van der Waals surface area contributed by atoms with Gasteiger partial charge in [0, 0.05) is 20.3 Å². The zero-order valence-electron chi connectivity index (χ0n) is 6.22. The van der Waals surface area contributed by atoms with Crippen LogP contribution in [0.15, 0.2) is 0 Å². The largest absolute Gasteiger partial charge is 0.370 e. The summed E-state index contributed by atoms with van der Waals surface area (Å²) in [6, 6.07) is 0. The molecule has 2 atom stereocenters. The average Bonchev–Trinajstić information content (AvgIpc) is 2.35. The van der Waals surface area contributed by atoms with Crippen LogP contribution >= 0.6 is 0 Å². The molecular formula is C7H13NO2. The number of hydrogen-bond donors (Lipinski definition) is 1. The molecule has 2 saturated heterocycles. The summed E-state index contributed by atoms with van der Waals surface area (Å²) in [6.07, 6.45) is 2.48. The first-order chi connectivity index (χ1) is 4.87. The highest BCUT2D eigenvalue weighted by molar-refractivity contribution is 5.01. The quantitative estimate of drug-likeness (QED) is 0.565. The smallest absolute Gasteiger partial charge is 0.138 e. The molecule has 1 spiro atoms. The highest BCUT2D eigenvalue weighted by atomic mass is 16.6. The fraction of sp³-hybridized carbons (Fsp3) is 1.00.